The molecule has 1 saturated heterocycles. The largest absolute Gasteiger partial charge is 0.324 e. The van der Waals surface area contributed by atoms with E-state index in [1.807, 2.05) is 30.3 Å². The second-order valence-corrected chi connectivity index (χ2v) is 8.63. The Morgan fingerprint density at radius 3 is 2.38 bits per heavy atom. The van der Waals surface area contributed by atoms with Crippen LogP contribution in [0.15, 0.2) is 59.5 Å². The van der Waals surface area contributed by atoms with Gasteiger partial charge in [-0.15, -0.1) is 10.2 Å². The van der Waals surface area contributed by atoms with E-state index in [1.54, 1.807) is 12.1 Å². The lowest BCUT2D eigenvalue weighted by molar-refractivity contribution is -0.117. The summed E-state index contributed by atoms with van der Waals surface area (Å²) in [6.07, 6.45) is 1.77. The predicted molar refractivity (Wildman–Crippen MR) is 106 cm³/mol. The van der Waals surface area contributed by atoms with Crippen molar-refractivity contribution >= 4 is 21.6 Å². The minimum atomic E-state index is -3.47. The van der Waals surface area contributed by atoms with E-state index in [1.165, 1.54) is 21.2 Å². The number of amides is 1. The van der Waals surface area contributed by atoms with Gasteiger partial charge in [0.15, 0.2) is 0 Å². The first-order chi connectivity index (χ1) is 14.0. The molecule has 0 atom stereocenters. The Kier molecular flexibility index (Phi) is 5.36. The van der Waals surface area contributed by atoms with Crippen molar-refractivity contribution < 1.29 is 13.2 Å². The van der Waals surface area contributed by atoms with Gasteiger partial charge in [-0.05, 0) is 42.3 Å². The summed E-state index contributed by atoms with van der Waals surface area (Å²) < 4.78 is 26.6. The lowest BCUT2D eigenvalue weighted by atomic mass is 10.2. The van der Waals surface area contributed by atoms with Gasteiger partial charge < -0.3 is 5.32 Å². The average molecular weight is 412 g/mol. The van der Waals surface area contributed by atoms with Crippen LogP contribution in [0.3, 0.4) is 0 Å². The van der Waals surface area contributed by atoms with E-state index in [0.29, 0.717) is 24.6 Å². The molecule has 2 aromatic carbocycles. The maximum atomic E-state index is 12.5. The molecule has 0 radical (unpaired) electrons. The highest BCUT2D eigenvalue weighted by Gasteiger charge is 2.26. The van der Waals surface area contributed by atoms with E-state index in [-0.39, 0.29) is 17.3 Å². The summed E-state index contributed by atoms with van der Waals surface area (Å²) in [7, 11) is -3.47. The fraction of sp³-hybridized carbons (Fsp3) is 0.263. The van der Waals surface area contributed by atoms with Crippen molar-refractivity contribution in [3.8, 4) is 11.4 Å². The van der Waals surface area contributed by atoms with Crippen LogP contribution in [-0.2, 0) is 21.4 Å². The number of sulfonamides is 1. The van der Waals surface area contributed by atoms with Gasteiger partial charge in [0.1, 0.15) is 6.54 Å². The van der Waals surface area contributed by atoms with Crippen molar-refractivity contribution in [2.24, 2.45) is 0 Å². The highest BCUT2D eigenvalue weighted by atomic mass is 32.2. The molecule has 0 bridgehead atoms. The van der Waals surface area contributed by atoms with Crippen LogP contribution in [0.5, 0.6) is 0 Å². The van der Waals surface area contributed by atoms with Crippen LogP contribution in [0.1, 0.15) is 12.8 Å². The van der Waals surface area contributed by atoms with Crippen LogP contribution in [0.4, 0.5) is 5.69 Å². The molecule has 150 valence electrons. The van der Waals surface area contributed by atoms with Crippen LogP contribution in [0.25, 0.3) is 11.4 Å². The van der Waals surface area contributed by atoms with Crippen molar-refractivity contribution in [1.82, 2.24) is 24.5 Å². The number of nitrogens with one attached hydrogen (secondary N) is 1. The molecule has 0 saturated carbocycles. The number of carbonyl (C=O) groups excluding carboxylic acids is 1. The maximum absolute atomic E-state index is 12.5. The second-order valence-electron chi connectivity index (χ2n) is 6.69. The zero-order valence-electron chi connectivity index (χ0n) is 15.6. The molecule has 9 nitrogen and oxygen atoms in total. The zero-order valence-corrected chi connectivity index (χ0v) is 16.4. The molecule has 0 spiro atoms. The standard InChI is InChI=1S/C19H20N6O3S/c26-18(14-25-22-19(21-23-25)15-6-2-1-3-7-15)20-16-8-10-17(11-9-16)29(27,28)24-12-4-5-13-24/h1-3,6-11H,4-5,12-14H2,(H,20,26). The van der Waals surface area contributed by atoms with E-state index >= 15 is 0 Å². The van der Waals surface area contributed by atoms with Gasteiger partial charge in [0.05, 0.1) is 4.90 Å². The van der Waals surface area contributed by atoms with E-state index in [9.17, 15) is 13.2 Å². The Labute approximate surface area is 168 Å². The van der Waals surface area contributed by atoms with E-state index in [4.69, 9.17) is 0 Å². The minimum absolute atomic E-state index is 0.104. The molecule has 0 aliphatic carbocycles. The molecule has 0 unspecified atom stereocenters. The normalized spacial score (nSPS) is 14.8. The summed E-state index contributed by atoms with van der Waals surface area (Å²) in [5, 5.41) is 14.8. The monoisotopic (exact) mass is 412 g/mol. The Balaban J connectivity index is 1.38. The Morgan fingerprint density at radius 2 is 1.69 bits per heavy atom. The first kappa shape index (κ1) is 19.2. The molecule has 1 aliphatic heterocycles. The average Bonchev–Trinajstić information content (AvgIpc) is 3.42. The summed E-state index contributed by atoms with van der Waals surface area (Å²) in [5.41, 5.74) is 1.31. The number of tetrazole rings is 1. The zero-order chi connectivity index (χ0) is 20.3. The molecule has 2 heterocycles. The third kappa shape index (κ3) is 4.33. The SMILES string of the molecule is O=C(Cn1nnc(-c2ccccc2)n1)Nc1ccc(S(=O)(=O)N2CCCC2)cc1. The predicted octanol–water partition coefficient (Wildman–Crippen LogP) is 1.76. The lowest BCUT2D eigenvalue weighted by Crippen LogP contribution is -2.27. The molecule has 1 amide bonds. The number of hydrogen-bond acceptors (Lipinski definition) is 6. The fourth-order valence-electron chi connectivity index (χ4n) is 3.13. The van der Waals surface area contributed by atoms with Gasteiger partial charge in [-0.1, -0.05) is 30.3 Å². The molecule has 1 fully saturated rings. The molecule has 3 aromatic rings. The van der Waals surface area contributed by atoms with Crippen molar-refractivity contribution in [2.45, 2.75) is 24.3 Å². The van der Waals surface area contributed by atoms with Crippen molar-refractivity contribution in [3.05, 3.63) is 54.6 Å². The van der Waals surface area contributed by atoms with Crippen LogP contribution in [0, 0.1) is 0 Å². The summed E-state index contributed by atoms with van der Waals surface area (Å²) in [5.74, 6) is 0.104. The van der Waals surface area contributed by atoms with Gasteiger partial charge in [-0.2, -0.15) is 9.10 Å². The third-order valence-electron chi connectivity index (χ3n) is 4.61. The third-order valence-corrected chi connectivity index (χ3v) is 6.52. The number of benzene rings is 2. The van der Waals surface area contributed by atoms with Gasteiger partial charge in [-0.25, -0.2) is 8.42 Å². The summed E-state index contributed by atoms with van der Waals surface area (Å²) in [4.78, 5) is 13.7. The topological polar surface area (TPSA) is 110 Å². The minimum Gasteiger partial charge on any atom is -0.324 e. The fourth-order valence-corrected chi connectivity index (χ4v) is 4.65. The lowest BCUT2D eigenvalue weighted by Gasteiger charge is -2.15. The Morgan fingerprint density at radius 1 is 1.00 bits per heavy atom. The summed E-state index contributed by atoms with van der Waals surface area (Å²) >= 11 is 0. The van der Waals surface area contributed by atoms with Crippen molar-refractivity contribution in [3.63, 3.8) is 0 Å². The molecule has 4 rings (SSSR count). The van der Waals surface area contributed by atoms with E-state index in [2.05, 4.69) is 20.7 Å². The highest BCUT2D eigenvalue weighted by molar-refractivity contribution is 7.89. The molecular weight excluding hydrogens is 392 g/mol. The maximum Gasteiger partial charge on any atom is 0.248 e. The Bertz CT molecular complexity index is 1090. The number of anilines is 1. The molecule has 1 aromatic heterocycles. The summed E-state index contributed by atoms with van der Waals surface area (Å²) in [6.45, 7) is 1.00. The quantitative estimate of drug-likeness (QED) is 0.661. The molecule has 29 heavy (non-hydrogen) atoms. The number of nitrogens with zero attached hydrogens (tertiary/aromatic N) is 5. The Hall–Kier alpha value is -3.11. The van der Waals surface area contributed by atoms with Crippen LogP contribution in [0.2, 0.25) is 0 Å². The van der Waals surface area contributed by atoms with Gasteiger partial charge in [0.25, 0.3) is 0 Å². The van der Waals surface area contributed by atoms with Crippen LogP contribution in [-0.4, -0.2) is 51.9 Å². The van der Waals surface area contributed by atoms with Crippen LogP contribution >= 0.6 is 0 Å². The second kappa shape index (κ2) is 8.10. The molecule has 10 heteroatoms. The van der Waals surface area contributed by atoms with Gasteiger partial charge in [-0.3, -0.25) is 4.79 Å². The first-order valence-electron chi connectivity index (χ1n) is 9.26. The van der Waals surface area contributed by atoms with Gasteiger partial charge in [0, 0.05) is 24.3 Å². The van der Waals surface area contributed by atoms with E-state index in [0.717, 1.165) is 18.4 Å². The summed E-state index contributed by atoms with van der Waals surface area (Å²) in [6, 6.07) is 15.5. The first-order valence-corrected chi connectivity index (χ1v) is 10.7. The number of aromatic nitrogens is 4. The van der Waals surface area contributed by atoms with Gasteiger partial charge in [0.2, 0.25) is 21.8 Å². The van der Waals surface area contributed by atoms with Crippen molar-refractivity contribution in [1.29, 1.82) is 0 Å². The smallest absolute Gasteiger partial charge is 0.248 e. The molecule has 1 N–H and O–H groups in total. The number of carbonyl (C=O) groups is 1. The molecule has 1 aliphatic rings. The van der Waals surface area contributed by atoms with E-state index < -0.39 is 10.0 Å². The highest BCUT2D eigenvalue weighted by Crippen LogP contribution is 2.22. The van der Waals surface area contributed by atoms with Crippen LogP contribution < -0.4 is 5.32 Å². The number of rotatable bonds is 6. The van der Waals surface area contributed by atoms with Gasteiger partial charge >= 0.3 is 0 Å². The number of hydrogen-bond donors (Lipinski definition) is 1. The van der Waals surface area contributed by atoms with Crippen molar-refractivity contribution in [2.75, 3.05) is 18.4 Å². The molecular formula is C19H20N6O3S.